The van der Waals surface area contributed by atoms with Crippen LogP contribution < -0.4 is 16.0 Å². The molecule has 0 radical (unpaired) electrons. The zero-order chi connectivity index (χ0) is 20.2. The van der Waals surface area contributed by atoms with Gasteiger partial charge in [-0.3, -0.25) is 9.59 Å². The summed E-state index contributed by atoms with van der Waals surface area (Å²) in [6, 6.07) is -2.06. The number of rotatable bonds is 8. The minimum Gasteiger partial charge on any atom is -0.480 e. The van der Waals surface area contributed by atoms with Crippen molar-refractivity contribution in [3.8, 4) is 0 Å². The van der Waals surface area contributed by atoms with Crippen LogP contribution in [0.4, 0.5) is 4.79 Å². The second kappa shape index (κ2) is 8.58. The van der Waals surface area contributed by atoms with Gasteiger partial charge in [0.25, 0.3) is 0 Å². The van der Waals surface area contributed by atoms with Gasteiger partial charge in [0, 0.05) is 12.5 Å². The van der Waals surface area contributed by atoms with Crippen molar-refractivity contribution in [2.75, 3.05) is 6.54 Å². The molecule has 2 fully saturated rings. The average molecular weight is 383 g/mol. The van der Waals surface area contributed by atoms with Crippen LogP contribution in [0.15, 0.2) is 0 Å². The van der Waals surface area contributed by atoms with E-state index in [1.165, 1.54) is 0 Å². The summed E-state index contributed by atoms with van der Waals surface area (Å²) >= 11 is 0. The van der Waals surface area contributed by atoms with Gasteiger partial charge in [-0.15, -0.1) is 0 Å². The number of alkyl carbamates (subject to hydrolysis) is 1. The lowest BCUT2D eigenvalue weighted by atomic mass is 9.98. The Morgan fingerprint density at radius 3 is 2.30 bits per heavy atom. The Balaban J connectivity index is 1.98. The molecule has 1 aliphatic carbocycles. The van der Waals surface area contributed by atoms with Gasteiger partial charge in [-0.05, 0) is 46.0 Å². The monoisotopic (exact) mass is 383 g/mol. The Morgan fingerprint density at radius 1 is 1.15 bits per heavy atom. The number of carbonyl (C=O) groups is 4. The first-order chi connectivity index (χ1) is 12.5. The van der Waals surface area contributed by atoms with Crippen molar-refractivity contribution in [2.24, 2.45) is 11.8 Å². The average Bonchev–Trinajstić information content (AvgIpc) is 3.25. The number of nitrogens with one attached hydrogen (secondary N) is 3. The Labute approximate surface area is 158 Å². The molecule has 1 heterocycles. The number of hydrogen-bond donors (Lipinski definition) is 4. The standard InChI is InChI=1S/C18H29N3O6/c1-18(2,3)27-17(26)21-12(8-10-4-5-10)15(23)20-13(16(24)25)9-11-6-7-19-14(11)22/h10-13H,4-9H2,1-3H3,(H,19,22)(H,20,23)(H,21,26)(H,24,25)/t11-,12-,13?/m0/s1. The SMILES string of the molecule is CC(C)(C)OC(=O)N[C@@H](CC1CC1)C(=O)NC(C[C@@H]1CCNC1=O)C(=O)O. The highest BCUT2D eigenvalue weighted by molar-refractivity contribution is 5.90. The van der Waals surface area contributed by atoms with Crippen molar-refractivity contribution in [1.29, 1.82) is 0 Å². The summed E-state index contributed by atoms with van der Waals surface area (Å²) in [6.07, 6.45) is 2.23. The topological polar surface area (TPSA) is 134 Å². The minimum atomic E-state index is -1.20. The lowest BCUT2D eigenvalue weighted by Crippen LogP contribution is -2.53. The maximum atomic E-state index is 12.6. The van der Waals surface area contributed by atoms with E-state index in [0.29, 0.717) is 25.3 Å². The van der Waals surface area contributed by atoms with E-state index in [-0.39, 0.29) is 12.3 Å². The van der Waals surface area contributed by atoms with Crippen molar-refractivity contribution < 1.29 is 29.0 Å². The molecular formula is C18H29N3O6. The van der Waals surface area contributed by atoms with E-state index in [1.54, 1.807) is 20.8 Å². The molecular weight excluding hydrogens is 354 g/mol. The van der Waals surface area contributed by atoms with Crippen LogP contribution in [-0.4, -0.2) is 53.2 Å². The molecule has 1 saturated heterocycles. The van der Waals surface area contributed by atoms with Crippen LogP contribution in [0.1, 0.15) is 52.9 Å². The summed E-state index contributed by atoms with van der Waals surface area (Å²) < 4.78 is 5.20. The molecule has 0 aromatic heterocycles. The maximum Gasteiger partial charge on any atom is 0.408 e. The van der Waals surface area contributed by atoms with E-state index in [0.717, 1.165) is 12.8 Å². The molecule has 1 aliphatic heterocycles. The first-order valence-electron chi connectivity index (χ1n) is 9.35. The third kappa shape index (κ3) is 7.07. The first-order valence-corrected chi connectivity index (χ1v) is 9.35. The molecule has 1 unspecified atom stereocenters. The molecule has 0 aromatic carbocycles. The molecule has 9 heteroatoms. The number of carbonyl (C=O) groups excluding carboxylic acids is 3. The van der Waals surface area contributed by atoms with Crippen molar-refractivity contribution in [3.05, 3.63) is 0 Å². The second-order valence-electron chi connectivity index (χ2n) is 8.29. The molecule has 3 atom stereocenters. The predicted molar refractivity (Wildman–Crippen MR) is 95.8 cm³/mol. The van der Waals surface area contributed by atoms with E-state index >= 15 is 0 Å². The highest BCUT2D eigenvalue weighted by atomic mass is 16.6. The van der Waals surface area contributed by atoms with Crippen molar-refractivity contribution in [3.63, 3.8) is 0 Å². The van der Waals surface area contributed by atoms with Gasteiger partial charge < -0.3 is 25.8 Å². The van der Waals surface area contributed by atoms with E-state index in [9.17, 15) is 24.3 Å². The molecule has 27 heavy (non-hydrogen) atoms. The molecule has 1 saturated carbocycles. The number of carboxylic acid groups (broad SMARTS) is 1. The summed E-state index contributed by atoms with van der Waals surface area (Å²) in [5.41, 5.74) is -0.704. The van der Waals surface area contributed by atoms with Crippen molar-refractivity contribution in [1.82, 2.24) is 16.0 Å². The highest BCUT2D eigenvalue weighted by Gasteiger charge is 2.35. The second-order valence-corrected chi connectivity index (χ2v) is 8.29. The van der Waals surface area contributed by atoms with Gasteiger partial charge in [-0.1, -0.05) is 12.8 Å². The fourth-order valence-electron chi connectivity index (χ4n) is 3.02. The Kier molecular flexibility index (Phi) is 6.67. The van der Waals surface area contributed by atoms with Gasteiger partial charge in [-0.25, -0.2) is 9.59 Å². The van der Waals surface area contributed by atoms with Crippen LogP contribution in [0, 0.1) is 11.8 Å². The van der Waals surface area contributed by atoms with Crippen LogP contribution >= 0.6 is 0 Å². The Hall–Kier alpha value is -2.32. The van der Waals surface area contributed by atoms with Crippen LogP contribution in [0.2, 0.25) is 0 Å². The maximum absolute atomic E-state index is 12.6. The third-order valence-corrected chi connectivity index (χ3v) is 4.57. The predicted octanol–water partition coefficient (Wildman–Crippen LogP) is 0.775. The van der Waals surface area contributed by atoms with Gasteiger partial charge in [0.05, 0.1) is 0 Å². The largest absolute Gasteiger partial charge is 0.480 e. The van der Waals surface area contributed by atoms with E-state index < -0.39 is 41.6 Å². The number of ether oxygens (including phenoxy) is 1. The van der Waals surface area contributed by atoms with Gasteiger partial charge >= 0.3 is 12.1 Å². The molecule has 3 amide bonds. The fraction of sp³-hybridized carbons (Fsp3) is 0.778. The number of hydrogen-bond acceptors (Lipinski definition) is 5. The lowest BCUT2D eigenvalue weighted by Gasteiger charge is -2.25. The molecule has 9 nitrogen and oxygen atoms in total. The number of aliphatic carboxylic acids is 1. The Bertz CT molecular complexity index is 596. The van der Waals surface area contributed by atoms with Crippen LogP contribution in [0.5, 0.6) is 0 Å². The summed E-state index contributed by atoms with van der Waals surface area (Å²) in [6.45, 7) is 5.66. The Morgan fingerprint density at radius 2 is 1.81 bits per heavy atom. The molecule has 0 spiro atoms. The van der Waals surface area contributed by atoms with Gasteiger partial charge in [0.15, 0.2) is 0 Å². The van der Waals surface area contributed by atoms with Gasteiger partial charge in [0.2, 0.25) is 11.8 Å². The van der Waals surface area contributed by atoms with E-state index in [2.05, 4.69) is 16.0 Å². The number of carboxylic acids is 1. The number of amides is 3. The van der Waals surface area contributed by atoms with Crippen molar-refractivity contribution >= 4 is 23.9 Å². The zero-order valence-electron chi connectivity index (χ0n) is 16.0. The fourth-order valence-corrected chi connectivity index (χ4v) is 3.02. The van der Waals surface area contributed by atoms with Crippen LogP contribution in [0.3, 0.4) is 0 Å². The quantitative estimate of drug-likeness (QED) is 0.489. The molecule has 0 aromatic rings. The highest BCUT2D eigenvalue weighted by Crippen LogP contribution is 2.33. The van der Waals surface area contributed by atoms with Gasteiger partial charge in [-0.2, -0.15) is 0 Å². The molecule has 2 aliphatic rings. The van der Waals surface area contributed by atoms with Crippen LogP contribution in [-0.2, 0) is 19.1 Å². The molecule has 4 N–H and O–H groups in total. The van der Waals surface area contributed by atoms with E-state index in [4.69, 9.17) is 4.74 Å². The summed E-state index contributed by atoms with van der Waals surface area (Å²) in [4.78, 5) is 47.9. The van der Waals surface area contributed by atoms with Crippen molar-refractivity contribution in [2.45, 2.75) is 70.6 Å². The third-order valence-electron chi connectivity index (χ3n) is 4.57. The molecule has 0 bridgehead atoms. The van der Waals surface area contributed by atoms with Crippen LogP contribution in [0.25, 0.3) is 0 Å². The van der Waals surface area contributed by atoms with E-state index in [1.807, 2.05) is 0 Å². The molecule has 2 rings (SSSR count). The summed E-state index contributed by atoms with van der Waals surface area (Å²) in [5.74, 6) is -2.08. The normalized spacial score (nSPS) is 21.7. The summed E-state index contributed by atoms with van der Waals surface area (Å²) in [5, 5.41) is 17.1. The first kappa shape index (κ1) is 21.0. The zero-order valence-corrected chi connectivity index (χ0v) is 16.0. The minimum absolute atomic E-state index is 0.0233. The molecule has 152 valence electrons. The van der Waals surface area contributed by atoms with Gasteiger partial charge in [0.1, 0.15) is 17.7 Å². The summed E-state index contributed by atoms with van der Waals surface area (Å²) in [7, 11) is 0. The lowest BCUT2D eigenvalue weighted by molar-refractivity contribution is -0.142. The smallest absolute Gasteiger partial charge is 0.408 e.